The summed E-state index contributed by atoms with van der Waals surface area (Å²) in [5, 5.41) is 15.7. The number of nitrogens with zero attached hydrogens (tertiary/aromatic N) is 3. The van der Waals surface area contributed by atoms with E-state index in [-0.39, 0.29) is 17.9 Å². The van der Waals surface area contributed by atoms with E-state index in [0.29, 0.717) is 16.5 Å². The van der Waals surface area contributed by atoms with E-state index < -0.39 is 11.6 Å². The fraction of sp³-hybridized carbons (Fsp3) is 0.211. The summed E-state index contributed by atoms with van der Waals surface area (Å²) in [7, 11) is 2.62. The summed E-state index contributed by atoms with van der Waals surface area (Å²) in [6, 6.07) is 11.6. The lowest BCUT2D eigenvalue weighted by Crippen LogP contribution is -2.41. The van der Waals surface area contributed by atoms with Crippen LogP contribution in [0, 0.1) is 0 Å². The SMILES string of the molecule is COC(=O)C(O)(Cn1cncn1)c1ccc(Oc2ccc(Cl)cc2)cc1OC. The number of hydrogen-bond acceptors (Lipinski definition) is 7. The van der Waals surface area contributed by atoms with Crippen molar-refractivity contribution in [1.29, 1.82) is 0 Å². The molecular weight excluding hydrogens is 386 g/mol. The van der Waals surface area contributed by atoms with Gasteiger partial charge < -0.3 is 19.3 Å². The molecule has 0 spiro atoms. The highest BCUT2D eigenvalue weighted by atomic mass is 35.5. The lowest BCUT2D eigenvalue weighted by Gasteiger charge is -2.27. The van der Waals surface area contributed by atoms with E-state index in [4.69, 9.17) is 25.8 Å². The molecule has 146 valence electrons. The van der Waals surface area contributed by atoms with Crippen LogP contribution in [0.5, 0.6) is 17.2 Å². The molecule has 0 aliphatic rings. The van der Waals surface area contributed by atoms with Crippen LogP contribution in [0.1, 0.15) is 5.56 Å². The Bertz CT molecular complexity index is 947. The Morgan fingerprint density at radius 1 is 1.18 bits per heavy atom. The predicted octanol–water partition coefficient (Wildman–Crippen LogP) is 2.79. The molecule has 28 heavy (non-hydrogen) atoms. The topological polar surface area (TPSA) is 95.7 Å². The lowest BCUT2D eigenvalue weighted by atomic mass is 9.92. The minimum absolute atomic E-state index is 0.201. The van der Waals surface area contributed by atoms with Crippen LogP contribution in [0.2, 0.25) is 5.02 Å². The van der Waals surface area contributed by atoms with Crippen LogP contribution in [0.15, 0.2) is 55.1 Å². The highest BCUT2D eigenvalue weighted by Gasteiger charge is 2.42. The molecule has 0 amide bonds. The van der Waals surface area contributed by atoms with Gasteiger partial charge in [-0.25, -0.2) is 14.5 Å². The molecule has 1 heterocycles. The molecule has 3 aromatic rings. The Morgan fingerprint density at radius 2 is 1.89 bits per heavy atom. The van der Waals surface area contributed by atoms with Crippen molar-refractivity contribution in [1.82, 2.24) is 14.8 Å². The van der Waals surface area contributed by atoms with Gasteiger partial charge in [0, 0.05) is 16.7 Å². The number of aliphatic hydroxyl groups is 1. The number of rotatable bonds is 7. The minimum atomic E-state index is -2.04. The Morgan fingerprint density at radius 3 is 2.50 bits per heavy atom. The van der Waals surface area contributed by atoms with E-state index in [2.05, 4.69) is 10.1 Å². The first kappa shape index (κ1) is 19.7. The summed E-state index contributed by atoms with van der Waals surface area (Å²) >= 11 is 5.88. The van der Waals surface area contributed by atoms with E-state index >= 15 is 0 Å². The van der Waals surface area contributed by atoms with E-state index in [0.717, 1.165) is 0 Å². The number of carbonyl (C=O) groups is 1. The van der Waals surface area contributed by atoms with Gasteiger partial charge in [0.2, 0.25) is 5.60 Å². The zero-order valence-corrected chi connectivity index (χ0v) is 16.0. The number of aromatic nitrogens is 3. The summed E-state index contributed by atoms with van der Waals surface area (Å²) in [5.41, 5.74) is -1.83. The minimum Gasteiger partial charge on any atom is -0.496 e. The monoisotopic (exact) mass is 403 g/mol. The summed E-state index contributed by atoms with van der Waals surface area (Å²) in [4.78, 5) is 16.2. The van der Waals surface area contributed by atoms with Crippen LogP contribution >= 0.6 is 11.6 Å². The number of halogens is 1. The van der Waals surface area contributed by atoms with Crippen molar-refractivity contribution < 1.29 is 24.1 Å². The molecule has 0 fully saturated rings. The van der Waals surface area contributed by atoms with Gasteiger partial charge in [-0.1, -0.05) is 11.6 Å². The van der Waals surface area contributed by atoms with Gasteiger partial charge in [0.25, 0.3) is 0 Å². The average molecular weight is 404 g/mol. The zero-order chi connectivity index (χ0) is 20.1. The van der Waals surface area contributed by atoms with Crippen molar-refractivity contribution in [2.75, 3.05) is 14.2 Å². The van der Waals surface area contributed by atoms with Gasteiger partial charge in [-0.15, -0.1) is 0 Å². The maximum atomic E-state index is 12.4. The Labute approximate surface area is 166 Å². The zero-order valence-electron chi connectivity index (χ0n) is 15.2. The Kier molecular flexibility index (Phi) is 5.81. The van der Waals surface area contributed by atoms with Gasteiger partial charge in [0.1, 0.15) is 29.9 Å². The maximum Gasteiger partial charge on any atom is 0.344 e. The van der Waals surface area contributed by atoms with Crippen LogP contribution in [-0.2, 0) is 21.7 Å². The van der Waals surface area contributed by atoms with Gasteiger partial charge in [-0.3, -0.25) is 0 Å². The van der Waals surface area contributed by atoms with Crippen molar-refractivity contribution in [3.63, 3.8) is 0 Å². The quantitative estimate of drug-likeness (QED) is 0.606. The van der Waals surface area contributed by atoms with Crippen LogP contribution < -0.4 is 9.47 Å². The van der Waals surface area contributed by atoms with Crippen LogP contribution in [-0.4, -0.2) is 40.1 Å². The third kappa shape index (κ3) is 4.08. The van der Waals surface area contributed by atoms with Gasteiger partial charge >= 0.3 is 5.97 Å². The van der Waals surface area contributed by atoms with Crippen molar-refractivity contribution in [3.05, 3.63) is 65.7 Å². The first-order valence-electron chi connectivity index (χ1n) is 8.21. The van der Waals surface area contributed by atoms with Gasteiger partial charge in [0.15, 0.2) is 0 Å². The summed E-state index contributed by atoms with van der Waals surface area (Å²) in [6.07, 6.45) is 2.69. The molecule has 8 nitrogen and oxygen atoms in total. The second-order valence-corrected chi connectivity index (χ2v) is 6.30. The fourth-order valence-corrected chi connectivity index (χ4v) is 2.82. The third-order valence-corrected chi connectivity index (χ3v) is 4.30. The first-order valence-corrected chi connectivity index (χ1v) is 8.59. The number of benzene rings is 2. The molecule has 0 aliphatic heterocycles. The van der Waals surface area contributed by atoms with Crippen molar-refractivity contribution >= 4 is 17.6 Å². The van der Waals surface area contributed by atoms with Crippen molar-refractivity contribution in [3.8, 4) is 17.2 Å². The molecule has 0 saturated carbocycles. The molecule has 0 saturated heterocycles. The molecule has 1 unspecified atom stereocenters. The molecule has 1 N–H and O–H groups in total. The van der Waals surface area contributed by atoms with Gasteiger partial charge in [-0.05, 0) is 36.4 Å². The second-order valence-electron chi connectivity index (χ2n) is 5.86. The number of hydrogen-bond donors (Lipinski definition) is 1. The molecule has 0 radical (unpaired) electrons. The molecule has 2 aromatic carbocycles. The van der Waals surface area contributed by atoms with E-state index in [1.54, 1.807) is 36.4 Å². The Balaban J connectivity index is 1.96. The number of methoxy groups -OCH3 is 2. The van der Waals surface area contributed by atoms with Crippen LogP contribution in [0.4, 0.5) is 0 Å². The largest absolute Gasteiger partial charge is 0.496 e. The molecule has 0 bridgehead atoms. The number of ether oxygens (including phenoxy) is 3. The average Bonchev–Trinajstić information content (AvgIpc) is 3.21. The molecule has 0 aliphatic carbocycles. The molecule has 3 rings (SSSR count). The Hall–Kier alpha value is -3.10. The normalized spacial score (nSPS) is 12.9. The molecule has 1 aromatic heterocycles. The molecule has 1 atom stereocenters. The number of carbonyl (C=O) groups excluding carboxylic acids is 1. The highest BCUT2D eigenvalue weighted by molar-refractivity contribution is 6.30. The smallest absolute Gasteiger partial charge is 0.344 e. The third-order valence-electron chi connectivity index (χ3n) is 4.05. The maximum absolute atomic E-state index is 12.4. The van der Waals surface area contributed by atoms with Crippen LogP contribution in [0.3, 0.4) is 0 Å². The standard InChI is InChI=1S/C19H18ClN3O5/c1-26-17-9-15(28-14-5-3-13(20)4-6-14)7-8-16(17)19(25,18(24)27-2)10-23-12-21-11-22-23/h3-9,11-12,25H,10H2,1-2H3. The van der Waals surface area contributed by atoms with E-state index in [1.165, 1.54) is 37.6 Å². The molecule has 9 heteroatoms. The lowest BCUT2D eigenvalue weighted by molar-refractivity contribution is -0.165. The van der Waals surface area contributed by atoms with E-state index in [1.807, 2.05) is 0 Å². The van der Waals surface area contributed by atoms with E-state index in [9.17, 15) is 9.90 Å². The summed E-state index contributed by atoms with van der Waals surface area (Å²) in [5.74, 6) is 0.424. The van der Waals surface area contributed by atoms with Crippen molar-refractivity contribution in [2.24, 2.45) is 0 Å². The summed E-state index contributed by atoms with van der Waals surface area (Å²) < 4.78 is 17.3. The van der Waals surface area contributed by atoms with Crippen molar-refractivity contribution in [2.45, 2.75) is 12.1 Å². The first-order chi connectivity index (χ1) is 13.5. The fourth-order valence-electron chi connectivity index (χ4n) is 2.69. The predicted molar refractivity (Wildman–Crippen MR) is 100 cm³/mol. The van der Waals surface area contributed by atoms with Gasteiger partial charge in [-0.2, -0.15) is 5.10 Å². The summed E-state index contributed by atoms with van der Waals surface area (Å²) in [6.45, 7) is -0.201. The van der Waals surface area contributed by atoms with Gasteiger partial charge in [0.05, 0.1) is 20.8 Å². The molecular formula is C19H18ClN3O5. The highest BCUT2D eigenvalue weighted by Crippen LogP contribution is 2.36. The second kappa shape index (κ2) is 8.28. The number of esters is 1. The van der Waals surface area contributed by atoms with Crippen LogP contribution in [0.25, 0.3) is 0 Å².